The number of carbonyl (C=O) groups excluding carboxylic acids is 1. The van der Waals surface area contributed by atoms with E-state index in [1.807, 2.05) is 42.5 Å². The maximum absolute atomic E-state index is 13.7. The van der Waals surface area contributed by atoms with E-state index in [4.69, 9.17) is 4.74 Å². The second-order valence-electron chi connectivity index (χ2n) is 6.16. The van der Waals surface area contributed by atoms with E-state index >= 15 is 0 Å². The van der Waals surface area contributed by atoms with Crippen LogP contribution in [0.15, 0.2) is 72.9 Å². The first-order chi connectivity index (χ1) is 12.7. The van der Waals surface area contributed by atoms with Crippen molar-refractivity contribution in [2.75, 3.05) is 0 Å². The molecule has 0 saturated heterocycles. The van der Waals surface area contributed by atoms with Gasteiger partial charge in [0.15, 0.2) is 0 Å². The zero-order chi connectivity index (χ0) is 17.9. The average Bonchev–Trinajstić information content (AvgIpc) is 2.66. The highest BCUT2D eigenvalue weighted by atomic mass is 19.1. The van der Waals surface area contributed by atoms with Crippen LogP contribution in [-0.4, -0.2) is 11.0 Å². The first-order valence-corrected chi connectivity index (χ1v) is 8.35. The zero-order valence-electron chi connectivity index (χ0n) is 14.0. The van der Waals surface area contributed by atoms with E-state index in [-0.39, 0.29) is 24.8 Å². The third-order valence-electron chi connectivity index (χ3n) is 4.30. The first-order valence-electron chi connectivity index (χ1n) is 8.35. The molecule has 0 amide bonds. The summed E-state index contributed by atoms with van der Waals surface area (Å²) in [4.78, 5) is 16.5. The number of halogens is 1. The Morgan fingerprint density at radius 1 is 0.923 bits per heavy atom. The van der Waals surface area contributed by atoms with Crippen LogP contribution < -0.4 is 0 Å². The molecule has 0 aliphatic carbocycles. The predicted octanol–water partition coefficient (Wildman–Crippen LogP) is 4.81. The minimum Gasteiger partial charge on any atom is -0.460 e. The van der Waals surface area contributed by atoms with Gasteiger partial charge in [0.05, 0.1) is 11.9 Å². The smallest absolute Gasteiger partial charge is 0.310 e. The summed E-state index contributed by atoms with van der Waals surface area (Å²) in [5, 5.41) is 2.90. The van der Waals surface area contributed by atoms with Crippen molar-refractivity contribution in [3.8, 4) is 0 Å². The Hall–Kier alpha value is -3.27. The van der Waals surface area contributed by atoms with Crippen molar-refractivity contribution in [2.45, 2.75) is 13.0 Å². The molecule has 26 heavy (non-hydrogen) atoms. The van der Waals surface area contributed by atoms with E-state index in [9.17, 15) is 9.18 Å². The average molecular weight is 345 g/mol. The first kappa shape index (κ1) is 16.2. The molecule has 0 N–H and O–H groups in total. The molecule has 0 fully saturated rings. The summed E-state index contributed by atoms with van der Waals surface area (Å²) in [7, 11) is 0. The van der Waals surface area contributed by atoms with Crippen molar-refractivity contribution in [1.82, 2.24) is 4.98 Å². The number of hydrogen-bond donors (Lipinski definition) is 0. The number of rotatable bonds is 4. The van der Waals surface area contributed by atoms with Crippen molar-refractivity contribution < 1.29 is 13.9 Å². The molecule has 4 heteroatoms. The van der Waals surface area contributed by atoms with Gasteiger partial charge in [-0.3, -0.25) is 9.78 Å². The third-order valence-corrected chi connectivity index (χ3v) is 4.30. The lowest BCUT2D eigenvalue weighted by Gasteiger charge is -2.08. The Morgan fingerprint density at radius 3 is 2.62 bits per heavy atom. The van der Waals surface area contributed by atoms with Crippen molar-refractivity contribution in [3.05, 3.63) is 89.9 Å². The Bertz CT molecular complexity index is 1110. The van der Waals surface area contributed by atoms with Gasteiger partial charge in [0.25, 0.3) is 0 Å². The molecule has 0 spiro atoms. The van der Waals surface area contributed by atoms with Crippen molar-refractivity contribution >= 4 is 27.6 Å². The number of nitrogens with zero attached hydrogens (tertiary/aromatic N) is 1. The molecule has 4 aromatic rings. The lowest BCUT2D eigenvalue weighted by molar-refractivity contribution is -0.144. The van der Waals surface area contributed by atoms with Crippen molar-refractivity contribution in [2.24, 2.45) is 0 Å². The standard InChI is InChI=1S/C22H16FNO2/c23-20-12-18-6-3-9-24-22(18)19(13-20)14-26-21(25)11-15-7-8-16-4-1-2-5-17(16)10-15/h1-10,12-13H,11,14H2. The fourth-order valence-electron chi connectivity index (χ4n) is 3.06. The molecule has 0 aliphatic rings. The SMILES string of the molecule is O=C(Cc1ccc2ccccc2c1)OCc1cc(F)cc2cccnc12. The molecule has 0 radical (unpaired) electrons. The molecule has 3 aromatic carbocycles. The van der Waals surface area contributed by atoms with Gasteiger partial charge in [-0.1, -0.05) is 48.5 Å². The van der Waals surface area contributed by atoms with Gasteiger partial charge in [-0.05, 0) is 34.5 Å². The van der Waals surface area contributed by atoms with Gasteiger partial charge in [-0.2, -0.15) is 0 Å². The van der Waals surface area contributed by atoms with Crippen LogP contribution >= 0.6 is 0 Å². The molecule has 1 heterocycles. The number of pyridine rings is 1. The lowest BCUT2D eigenvalue weighted by Crippen LogP contribution is -2.08. The van der Waals surface area contributed by atoms with Gasteiger partial charge >= 0.3 is 5.97 Å². The van der Waals surface area contributed by atoms with Gasteiger partial charge in [-0.15, -0.1) is 0 Å². The fourth-order valence-corrected chi connectivity index (χ4v) is 3.06. The summed E-state index contributed by atoms with van der Waals surface area (Å²) < 4.78 is 19.1. The quantitative estimate of drug-likeness (QED) is 0.498. The number of hydrogen-bond acceptors (Lipinski definition) is 3. The maximum atomic E-state index is 13.7. The summed E-state index contributed by atoms with van der Waals surface area (Å²) in [5.74, 6) is -0.722. The van der Waals surface area contributed by atoms with Crippen LogP contribution in [0.5, 0.6) is 0 Å². The highest BCUT2D eigenvalue weighted by Gasteiger charge is 2.10. The number of benzene rings is 3. The summed E-state index contributed by atoms with van der Waals surface area (Å²) in [6.07, 6.45) is 1.81. The minimum atomic E-state index is -0.369. The van der Waals surface area contributed by atoms with Gasteiger partial charge in [0, 0.05) is 17.1 Å². The number of ether oxygens (including phenoxy) is 1. The highest BCUT2D eigenvalue weighted by molar-refractivity contribution is 5.85. The lowest BCUT2D eigenvalue weighted by atomic mass is 10.1. The van der Waals surface area contributed by atoms with Crippen LogP contribution in [0.1, 0.15) is 11.1 Å². The van der Waals surface area contributed by atoms with Gasteiger partial charge in [0.1, 0.15) is 12.4 Å². The Labute approximate surface area is 150 Å². The number of fused-ring (bicyclic) bond motifs is 2. The van der Waals surface area contributed by atoms with E-state index in [1.165, 1.54) is 12.1 Å². The van der Waals surface area contributed by atoms with Crippen molar-refractivity contribution in [3.63, 3.8) is 0 Å². The summed E-state index contributed by atoms with van der Waals surface area (Å²) in [6, 6.07) is 20.2. The third kappa shape index (κ3) is 3.40. The van der Waals surface area contributed by atoms with E-state index in [0.29, 0.717) is 16.5 Å². The molecule has 0 atom stereocenters. The molecule has 128 valence electrons. The van der Waals surface area contributed by atoms with E-state index < -0.39 is 0 Å². The normalized spacial score (nSPS) is 11.0. The van der Waals surface area contributed by atoms with Crippen molar-refractivity contribution in [1.29, 1.82) is 0 Å². The fraction of sp³-hybridized carbons (Fsp3) is 0.0909. The van der Waals surface area contributed by atoms with Gasteiger partial charge < -0.3 is 4.74 Å². The maximum Gasteiger partial charge on any atom is 0.310 e. The molecular formula is C22H16FNO2. The number of aromatic nitrogens is 1. The van der Waals surface area contributed by atoms with E-state index in [0.717, 1.165) is 16.3 Å². The predicted molar refractivity (Wildman–Crippen MR) is 99.1 cm³/mol. The topological polar surface area (TPSA) is 39.2 Å². The highest BCUT2D eigenvalue weighted by Crippen LogP contribution is 2.20. The van der Waals surface area contributed by atoms with Crippen LogP contribution in [0.25, 0.3) is 21.7 Å². The molecular weight excluding hydrogens is 329 g/mol. The summed E-state index contributed by atoms with van der Waals surface area (Å²) >= 11 is 0. The van der Waals surface area contributed by atoms with Crippen LogP contribution in [0, 0.1) is 5.82 Å². The molecule has 0 unspecified atom stereocenters. The largest absolute Gasteiger partial charge is 0.460 e. The summed E-state index contributed by atoms with van der Waals surface area (Å²) in [6.45, 7) is -0.00229. The number of carbonyl (C=O) groups is 1. The molecule has 4 rings (SSSR count). The number of esters is 1. The van der Waals surface area contributed by atoms with Crippen LogP contribution in [-0.2, 0) is 22.6 Å². The summed E-state index contributed by atoms with van der Waals surface area (Å²) in [5.41, 5.74) is 2.09. The monoisotopic (exact) mass is 345 g/mol. The second kappa shape index (κ2) is 6.92. The molecule has 1 aromatic heterocycles. The van der Waals surface area contributed by atoms with Gasteiger partial charge in [-0.25, -0.2) is 4.39 Å². The molecule has 0 bridgehead atoms. The van der Waals surface area contributed by atoms with Crippen LogP contribution in [0.4, 0.5) is 4.39 Å². The Balaban J connectivity index is 1.48. The van der Waals surface area contributed by atoms with E-state index in [2.05, 4.69) is 4.98 Å². The van der Waals surface area contributed by atoms with Crippen LogP contribution in [0.3, 0.4) is 0 Å². The Morgan fingerprint density at radius 2 is 1.73 bits per heavy atom. The molecule has 3 nitrogen and oxygen atoms in total. The van der Waals surface area contributed by atoms with Crippen LogP contribution in [0.2, 0.25) is 0 Å². The minimum absolute atomic E-state index is 0.00229. The van der Waals surface area contributed by atoms with E-state index in [1.54, 1.807) is 18.3 Å². The second-order valence-corrected chi connectivity index (χ2v) is 6.16. The zero-order valence-corrected chi connectivity index (χ0v) is 14.0. The molecule has 0 saturated carbocycles. The van der Waals surface area contributed by atoms with Gasteiger partial charge in [0.2, 0.25) is 0 Å². The molecule has 0 aliphatic heterocycles. The Kier molecular flexibility index (Phi) is 4.32.